The Morgan fingerprint density at radius 1 is 1.62 bits per heavy atom. The van der Waals surface area contributed by atoms with Gasteiger partial charge in [-0.2, -0.15) is 0 Å². The molecule has 1 fully saturated rings. The summed E-state index contributed by atoms with van der Waals surface area (Å²) in [6.45, 7) is 9.20. The van der Waals surface area contributed by atoms with E-state index in [1.807, 2.05) is 0 Å². The molecule has 13 heavy (non-hydrogen) atoms. The number of hydrogen-bond donors (Lipinski definition) is 0. The van der Waals surface area contributed by atoms with Gasteiger partial charge in [0.05, 0.1) is 13.2 Å². The van der Waals surface area contributed by atoms with Crippen LogP contribution < -0.4 is 0 Å². The van der Waals surface area contributed by atoms with Crippen LogP contribution in [0.4, 0.5) is 10.1 Å². The Labute approximate surface area is 75.8 Å². The van der Waals surface area contributed by atoms with Crippen LogP contribution >= 0.6 is 0 Å². The monoisotopic (exact) mass is 177 g/mol. The number of nitrogens with zero attached hydrogens (tertiary/aromatic N) is 1. The summed E-state index contributed by atoms with van der Waals surface area (Å²) < 4.78 is 18.3. The smallest absolute Gasteiger partial charge is 0.193 e. The van der Waals surface area contributed by atoms with Crippen LogP contribution in [0.15, 0.2) is 12.1 Å². The predicted octanol–water partition coefficient (Wildman–Crippen LogP) is 2.76. The van der Waals surface area contributed by atoms with Crippen molar-refractivity contribution in [2.45, 2.75) is 13.0 Å². The van der Waals surface area contributed by atoms with Gasteiger partial charge in [-0.25, -0.2) is 9.24 Å². The van der Waals surface area contributed by atoms with Gasteiger partial charge in [-0.1, -0.05) is 6.07 Å². The van der Waals surface area contributed by atoms with E-state index in [1.54, 1.807) is 13.0 Å². The van der Waals surface area contributed by atoms with Gasteiger partial charge in [0.2, 0.25) is 0 Å². The van der Waals surface area contributed by atoms with E-state index in [0.717, 1.165) is 5.56 Å². The molecule has 3 heteroatoms. The van der Waals surface area contributed by atoms with E-state index in [4.69, 9.17) is 11.3 Å². The zero-order valence-corrected chi connectivity index (χ0v) is 7.17. The lowest BCUT2D eigenvalue weighted by atomic mass is 10.1. The lowest BCUT2D eigenvalue weighted by molar-refractivity contribution is 0.408. The molecule has 0 bridgehead atoms. The van der Waals surface area contributed by atoms with Gasteiger partial charge in [0.25, 0.3) is 0 Å². The number of aryl methyl sites for hydroxylation is 1. The molecule has 1 saturated heterocycles. The molecule has 1 atom stereocenters. The number of halogens is 1. The summed E-state index contributed by atoms with van der Waals surface area (Å²) in [4.78, 5) is 3.22. The zero-order valence-electron chi connectivity index (χ0n) is 7.17. The molecule has 1 aromatic rings. The maximum atomic E-state index is 13.3. The summed E-state index contributed by atoms with van der Waals surface area (Å²) in [7, 11) is 0. The van der Waals surface area contributed by atoms with Gasteiger partial charge in [-0.15, -0.1) is 0 Å². The van der Waals surface area contributed by atoms with Crippen molar-refractivity contribution in [3.63, 3.8) is 0 Å². The second kappa shape index (κ2) is 2.82. The summed E-state index contributed by atoms with van der Waals surface area (Å²) in [5, 5.41) is 0. The molecule has 2 rings (SSSR count). The van der Waals surface area contributed by atoms with E-state index in [2.05, 4.69) is 4.85 Å². The number of ether oxygens (including phenoxy) is 1. The molecule has 0 aromatic heterocycles. The van der Waals surface area contributed by atoms with Crippen LogP contribution in [-0.4, -0.2) is 6.61 Å². The average Bonchev–Trinajstić information content (AvgIpc) is 2.91. The molecule has 2 nitrogen and oxygen atoms in total. The molecular weight excluding hydrogens is 169 g/mol. The van der Waals surface area contributed by atoms with Gasteiger partial charge >= 0.3 is 0 Å². The fourth-order valence-corrected chi connectivity index (χ4v) is 1.29. The zero-order chi connectivity index (χ0) is 9.42. The van der Waals surface area contributed by atoms with Gasteiger partial charge in [-0.05, 0) is 18.6 Å². The fraction of sp³-hybridized carbons (Fsp3) is 0.300. The highest BCUT2D eigenvalue weighted by Gasteiger charge is 2.28. The normalized spacial score (nSPS) is 19.6. The molecule has 0 spiro atoms. The van der Waals surface area contributed by atoms with E-state index >= 15 is 0 Å². The summed E-state index contributed by atoms with van der Waals surface area (Å²) in [6.07, 6.45) is -0.0847. The van der Waals surface area contributed by atoms with Crippen molar-refractivity contribution in [3.05, 3.63) is 40.5 Å². The van der Waals surface area contributed by atoms with Crippen LogP contribution in [0.1, 0.15) is 17.2 Å². The first-order chi connectivity index (χ1) is 6.22. The van der Waals surface area contributed by atoms with Gasteiger partial charge in [-0.3, -0.25) is 0 Å². The third-order valence-corrected chi connectivity index (χ3v) is 2.12. The summed E-state index contributed by atoms with van der Waals surface area (Å²) in [6, 6.07) is 2.97. The standard InChI is InChI=1S/C10H8FNO/c1-6-3-7(10-5-13-10)8(11)4-9(6)12-2/h3-4,10H,5H2,1H3. The first-order valence-corrected chi connectivity index (χ1v) is 4.01. The molecular formula is C10H8FNO. The highest BCUT2D eigenvalue weighted by Crippen LogP contribution is 2.34. The average molecular weight is 177 g/mol. The Hall–Kier alpha value is -1.40. The second-order valence-corrected chi connectivity index (χ2v) is 3.09. The van der Waals surface area contributed by atoms with Crippen molar-refractivity contribution in [1.82, 2.24) is 0 Å². The maximum absolute atomic E-state index is 13.3. The summed E-state index contributed by atoms with van der Waals surface area (Å²) in [5.74, 6) is -0.334. The second-order valence-electron chi connectivity index (χ2n) is 3.09. The van der Waals surface area contributed by atoms with Crippen LogP contribution in [0.25, 0.3) is 4.85 Å². The van der Waals surface area contributed by atoms with Gasteiger partial charge in [0, 0.05) is 5.56 Å². The van der Waals surface area contributed by atoms with Gasteiger partial charge in [0.15, 0.2) is 5.69 Å². The molecule has 66 valence electrons. The predicted molar refractivity (Wildman–Crippen MR) is 46.1 cm³/mol. The minimum absolute atomic E-state index is 0.0847. The Balaban J connectivity index is 2.50. The van der Waals surface area contributed by atoms with E-state index < -0.39 is 0 Å². The van der Waals surface area contributed by atoms with Crippen LogP contribution in [0, 0.1) is 19.3 Å². The van der Waals surface area contributed by atoms with Crippen LogP contribution in [0.2, 0.25) is 0 Å². The van der Waals surface area contributed by atoms with Gasteiger partial charge < -0.3 is 4.74 Å². The number of epoxide rings is 1. The minimum atomic E-state index is -0.334. The third kappa shape index (κ3) is 1.41. The van der Waals surface area contributed by atoms with E-state index in [-0.39, 0.29) is 11.9 Å². The topological polar surface area (TPSA) is 16.9 Å². The van der Waals surface area contributed by atoms with Crippen LogP contribution in [-0.2, 0) is 4.74 Å². The van der Waals surface area contributed by atoms with Crippen molar-refractivity contribution in [3.8, 4) is 0 Å². The molecule has 0 N–H and O–H groups in total. The Morgan fingerprint density at radius 2 is 2.31 bits per heavy atom. The molecule has 1 unspecified atom stereocenters. The molecule has 1 aliphatic heterocycles. The SMILES string of the molecule is [C-]#[N+]c1cc(F)c(C2CO2)cc1C. The Kier molecular flexibility index (Phi) is 1.78. The first-order valence-electron chi connectivity index (χ1n) is 4.01. The lowest BCUT2D eigenvalue weighted by Gasteiger charge is -2.02. The molecule has 0 saturated carbocycles. The van der Waals surface area contributed by atoms with Crippen molar-refractivity contribution in [2.24, 2.45) is 0 Å². The Bertz CT molecular complexity index is 391. The number of rotatable bonds is 1. The lowest BCUT2D eigenvalue weighted by Crippen LogP contribution is -1.89. The molecule has 0 amide bonds. The van der Waals surface area contributed by atoms with E-state index in [1.165, 1.54) is 6.07 Å². The minimum Gasteiger partial charge on any atom is -0.368 e. The Morgan fingerprint density at radius 3 is 2.85 bits per heavy atom. The number of hydrogen-bond acceptors (Lipinski definition) is 1. The maximum Gasteiger partial charge on any atom is 0.193 e. The molecule has 1 aliphatic rings. The number of benzene rings is 1. The van der Waals surface area contributed by atoms with E-state index in [0.29, 0.717) is 17.9 Å². The van der Waals surface area contributed by atoms with E-state index in [9.17, 15) is 4.39 Å². The first kappa shape index (κ1) is 8.21. The third-order valence-electron chi connectivity index (χ3n) is 2.12. The summed E-state index contributed by atoms with van der Waals surface area (Å²) in [5.41, 5.74) is 1.76. The van der Waals surface area contributed by atoms with Crippen molar-refractivity contribution in [2.75, 3.05) is 6.61 Å². The fourth-order valence-electron chi connectivity index (χ4n) is 1.29. The summed E-state index contributed by atoms with van der Waals surface area (Å²) >= 11 is 0. The van der Waals surface area contributed by atoms with Crippen molar-refractivity contribution in [1.29, 1.82) is 0 Å². The molecule has 0 radical (unpaired) electrons. The van der Waals surface area contributed by atoms with Crippen LogP contribution in [0.5, 0.6) is 0 Å². The van der Waals surface area contributed by atoms with Crippen LogP contribution in [0.3, 0.4) is 0 Å². The molecule has 0 aliphatic carbocycles. The van der Waals surface area contributed by atoms with Crippen molar-refractivity contribution < 1.29 is 9.13 Å². The van der Waals surface area contributed by atoms with Gasteiger partial charge in [0.1, 0.15) is 11.9 Å². The highest BCUT2D eigenvalue weighted by molar-refractivity contribution is 5.54. The largest absolute Gasteiger partial charge is 0.368 e. The molecule has 1 aromatic carbocycles. The quantitative estimate of drug-likeness (QED) is 0.476. The van der Waals surface area contributed by atoms with Crippen molar-refractivity contribution >= 4 is 5.69 Å². The molecule has 1 heterocycles. The highest BCUT2D eigenvalue weighted by atomic mass is 19.1.